The Kier molecular flexibility index (Phi) is 3.28. The first-order valence-electron chi connectivity index (χ1n) is 6.13. The van der Waals surface area contributed by atoms with E-state index in [0.717, 1.165) is 23.1 Å². The fourth-order valence-corrected chi connectivity index (χ4v) is 2.93. The summed E-state index contributed by atoms with van der Waals surface area (Å²) in [5.74, 6) is 0. The number of aromatic amines is 1. The van der Waals surface area contributed by atoms with Crippen molar-refractivity contribution < 1.29 is 4.79 Å². The van der Waals surface area contributed by atoms with E-state index >= 15 is 0 Å². The number of rotatable bonds is 2. The van der Waals surface area contributed by atoms with Crippen molar-refractivity contribution in [3.63, 3.8) is 0 Å². The van der Waals surface area contributed by atoms with Crippen molar-refractivity contribution >= 4 is 40.4 Å². The van der Waals surface area contributed by atoms with Crippen molar-refractivity contribution in [1.82, 2.24) is 4.98 Å². The third-order valence-corrected chi connectivity index (χ3v) is 3.83. The Bertz CT molecular complexity index is 803. The minimum Gasteiger partial charge on any atom is -0.354 e. The number of carbonyl (C=O) groups excluding carboxylic acids is 1. The molecule has 0 aliphatic carbocycles. The molecule has 0 saturated heterocycles. The van der Waals surface area contributed by atoms with Gasteiger partial charge in [0, 0.05) is 21.5 Å². The number of aromatic nitrogens is 1. The SMILES string of the molecule is Cc1ccc(-c2[nH]c3cc(Cl)cc(Cl)c3c2C=O)cc1. The number of halogens is 2. The van der Waals surface area contributed by atoms with Crippen molar-refractivity contribution in [2.24, 2.45) is 0 Å². The van der Waals surface area contributed by atoms with Crippen LogP contribution in [0.5, 0.6) is 0 Å². The van der Waals surface area contributed by atoms with Crippen LogP contribution in [0.25, 0.3) is 22.2 Å². The zero-order valence-corrected chi connectivity index (χ0v) is 12.2. The Balaban J connectivity index is 2.33. The lowest BCUT2D eigenvalue weighted by molar-refractivity contribution is 0.112. The van der Waals surface area contributed by atoms with E-state index in [1.807, 2.05) is 31.2 Å². The van der Waals surface area contributed by atoms with Crippen LogP contribution in [0.15, 0.2) is 36.4 Å². The highest BCUT2D eigenvalue weighted by Gasteiger charge is 2.15. The summed E-state index contributed by atoms with van der Waals surface area (Å²) in [4.78, 5) is 14.7. The summed E-state index contributed by atoms with van der Waals surface area (Å²) in [7, 11) is 0. The third-order valence-electron chi connectivity index (χ3n) is 3.31. The standard InChI is InChI=1S/C16H11Cl2NO/c1-9-2-4-10(5-3-9)16-12(8-20)15-13(18)6-11(17)7-14(15)19-16/h2-8,19H,1H3. The average Bonchev–Trinajstić information content (AvgIpc) is 2.78. The van der Waals surface area contributed by atoms with Gasteiger partial charge < -0.3 is 4.98 Å². The molecule has 0 fully saturated rings. The minimum atomic E-state index is 0.476. The van der Waals surface area contributed by atoms with Gasteiger partial charge in [0.05, 0.1) is 10.7 Å². The van der Waals surface area contributed by atoms with Crippen LogP contribution >= 0.6 is 23.2 Å². The highest BCUT2D eigenvalue weighted by atomic mass is 35.5. The number of benzene rings is 2. The van der Waals surface area contributed by atoms with E-state index in [4.69, 9.17) is 23.2 Å². The monoisotopic (exact) mass is 303 g/mol. The quantitative estimate of drug-likeness (QED) is 0.643. The first-order chi connectivity index (χ1) is 9.60. The molecule has 0 saturated carbocycles. The van der Waals surface area contributed by atoms with Gasteiger partial charge >= 0.3 is 0 Å². The zero-order valence-electron chi connectivity index (χ0n) is 10.7. The maximum atomic E-state index is 11.5. The first-order valence-corrected chi connectivity index (χ1v) is 6.88. The van der Waals surface area contributed by atoms with E-state index in [9.17, 15) is 4.79 Å². The molecule has 0 unspecified atom stereocenters. The maximum Gasteiger partial charge on any atom is 0.152 e. The molecule has 0 spiro atoms. The van der Waals surface area contributed by atoms with Crippen LogP contribution in [0.1, 0.15) is 15.9 Å². The van der Waals surface area contributed by atoms with E-state index in [1.165, 1.54) is 5.56 Å². The van der Waals surface area contributed by atoms with E-state index in [1.54, 1.807) is 12.1 Å². The Morgan fingerprint density at radius 1 is 1.10 bits per heavy atom. The second-order valence-corrected chi connectivity index (χ2v) is 5.55. The van der Waals surface area contributed by atoms with Gasteiger partial charge in [-0.1, -0.05) is 53.0 Å². The molecule has 2 nitrogen and oxygen atoms in total. The van der Waals surface area contributed by atoms with Crippen molar-refractivity contribution in [3.8, 4) is 11.3 Å². The molecule has 20 heavy (non-hydrogen) atoms. The molecule has 3 rings (SSSR count). The Hall–Kier alpha value is -1.77. The number of fused-ring (bicyclic) bond motifs is 1. The van der Waals surface area contributed by atoms with Gasteiger partial charge in [-0.25, -0.2) is 0 Å². The number of H-pyrrole nitrogens is 1. The molecule has 0 aliphatic heterocycles. The van der Waals surface area contributed by atoms with Crippen LogP contribution in [0, 0.1) is 6.92 Å². The summed E-state index contributed by atoms with van der Waals surface area (Å²) >= 11 is 12.2. The fourth-order valence-electron chi connectivity index (χ4n) is 2.34. The summed E-state index contributed by atoms with van der Waals surface area (Å²) in [6, 6.07) is 11.4. The Labute approximate surface area is 126 Å². The van der Waals surface area contributed by atoms with Crippen LogP contribution < -0.4 is 0 Å². The van der Waals surface area contributed by atoms with E-state index in [0.29, 0.717) is 21.0 Å². The maximum absolute atomic E-state index is 11.5. The van der Waals surface area contributed by atoms with E-state index in [2.05, 4.69) is 4.98 Å². The molecular formula is C16H11Cl2NO. The summed E-state index contributed by atoms with van der Waals surface area (Å²) in [6.07, 6.45) is 0.827. The molecule has 1 heterocycles. The lowest BCUT2D eigenvalue weighted by Gasteiger charge is -2.00. The molecule has 0 radical (unpaired) electrons. The zero-order chi connectivity index (χ0) is 14.3. The second kappa shape index (κ2) is 4.97. The molecule has 2 aromatic carbocycles. The van der Waals surface area contributed by atoms with Crippen LogP contribution in [0.2, 0.25) is 10.0 Å². The smallest absolute Gasteiger partial charge is 0.152 e. The highest BCUT2D eigenvalue weighted by Crippen LogP contribution is 2.35. The van der Waals surface area contributed by atoms with Gasteiger partial charge in [-0.15, -0.1) is 0 Å². The summed E-state index contributed by atoms with van der Waals surface area (Å²) in [5, 5.41) is 1.72. The molecule has 0 bridgehead atoms. The number of hydrogen-bond donors (Lipinski definition) is 1. The molecule has 100 valence electrons. The number of aldehydes is 1. The topological polar surface area (TPSA) is 32.9 Å². The number of aryl methyl sites for hydroxylation is 1. The molecule has 0 amide bonds. The number of nitrogens with one attached hydrogen (secondary N) is 1. The normalized spacial score (nSPS) is 10.9. The summed E-state index contributed by atoms with van der Waals surface area (Å²) < 4.78 is 0. The van der Waals surface area contributed by atoms with Gasteiger partial charge in [0.1, 0.15) is 0 Å². The van der Waals surface area contributed by atoms with Gasteiger partial charge in [-0.3, -0.25) is 4.79 Å². The van der Waals surface area contributed by atoms with Crippen molar-refractivity contribution in [3.05, 3.63) is 57.6 Å². The van der Waals surface area contributed by atoms with Gasteiger partial charge in [-0.05, 0) is 24.6 Å². The molecule has 1 N–H and O–H groups in total. The summed E-state index contributed by atoms with van der Waals surface area (Å²) in [5.41, 5.74) is 4.20. The first kappa shape index (κ1) is 13.2. The number of carbonyl (C=O) groups is 1. The van der Waals surface area contributed by atoms with Crippen molar-refractivity contribution in [2.75, 3.05) is 0 Å². The van der Waals surface area contributed by atoms with E-state index < -0.39 is 0 Å². The van der Waals surface area contributed by atoms with Crippen molar-refractivity contribution in [1.29, 1.82) is 0 Å². The molecule has 3 aromatic rings. The fraction of sp³-hybridized carbons (Fsp3) is 0.0625. The molecule has 1 aromatic heterocycles. The van der Waals surface area contributed by atoms with E-state index in [-0.39, 0.29) is 0 Å². The van der Waals surface area contributed by atoms with Crippen LogP contribution in [-0.4, -0.2) is 11.3 Å². The lowest BCUT2D eigenvalue weighted by Crippen LogP contribution is -1.85. The molecule has 4 heteroatoms. The van der Waals surface area contributed by atoms with Gasteiger partial charge in [0.2, 0.25) is 0 Å². The predicted octanol–water partition coefficient (Wildman–Crippen LogP) is 5.26. The van der Waals surface area contributed by atoms with Crippen LogP contribution in [-0.2, 0) is 0 Å². The Morgan fingerprint density at radius 2 is 1.80 bits per heavy atom. The number of hydrogen-bond acceptors (Lipinski definition) is 1. The minimum absolute atomic E-state index is 0.476. The van der Waals surface area contributed by atoms with Gasteiger partial charge in [-0.2, -0.15) is 0 Å². The van der Waals surface area contributed by atoms with Crippen LogP contribution in [0.3, 0.4) is 0 Å². The molecular weight excluding hydrogens is 293 g/mol. The largest absolute Gasteiger partial charge is 0.354 e. The summed E-state index contributed by atoms with van der Waals surface area (Å²) in [6.45, 7) is 2.02. The second-order valence-electron chi connectivity index (χ2n) is 4.71. The van der Waals surface area contributed by atoms with Gasteiger partial charge in [0.25, 0.3) is 0 Å². The van der Waals surface area contributed by atoms with Crippen molar-refractivity contribution in [2.45, 2.75) is 6.92 Å². The Morgan fingerprint density at radius 3 is 2.45 bits per heavy atom. The molecule has 0 aliphatic rings. The predicted molar refractivity (Wildman–Crippen MR) is 83.9 cm³/mol. The van der Waals surface area contributed by atoms with Crippen LogP contribution in [0.4, 0.5) is 0 Å². The average molecular weight is 304 g/mol. The third kappa shape index (κ3) is 2.11. The lowest BCUT2D eigenvalue weighted by atomic mass is 10.0. The molecule has 0 atom stereocenters. The highest BCUT2D eigenvalue weighted by molar-refractivity contribution is 6.39. The van der Waals surface area contributed by atoms with Gasteiger partial charge in [0.15, 0.2) is 6.29 Å².